The summed E-state index contributed by atoms with van der Waals surface area (Å²) in [6.07, 6.45) is 2.54. The molecular formula is C10H17N3O3. The number of ketones is 1. The Bertz CT molecular complexity index is 288. The molecule has 0 radical (unpaired) electrons. The Morgan fingerprint density at radius 1 is 1.25 bits per heavy atom. The van der Waals surface area contributed by atoms with Crippen LogP contribution in [-0.4, -0.2) is 41.6 Å². The fourth-order valence-corrected chi connectivity index (χ4v) is 2.03. The van der Waals surface area contributed by atoms with E-state index < -0.39 is 11.8 Å². The summed E-state index contributed by atoms with van der Waals surface area (Å²) in [5, 5.41) is 0. The Labute approximate surface area is 93.9 Å². The van der Waals surface area contributed by atoms with Crippen molar-refractivity contribution < 1.29 is 14.4 Å². The zero-order chi connectivity index (χ0) is 12.1. The SMILES string of the molecule is NC(=O)CN(CC(N)=O)C1CCCC(=O)C1. The number of nitrogens with two attached hydrogens (primary N) is 2. The summed E-state index contributed by atoms with van der Waals surface area (Å²) in [6.45, 7) is -0.0538. The van der Waals surface area contributed by atoms with Gasteiger partial charge in [0, 0.05) is 18.9 Å². The molecule has 1 rings (SSSR count). The Kier molecular flexibility index (Phi) is 4.42. The van der Waals surface area contributed by atoms with Gasteiger partial charge in [0.25, 0.3) is 0 Å². The second-order valence-corrected chi connectivity index (χ2v) is 4.13. The number of carbonyl (C=O) groups is 3. The summed E-state index contributed by atoms with van der Waals surface area (Å²) in [5.74, 6) is -0.867. The van der Waals surface area contributed by atoms with Gasteiger partial charge in [0.15, 0.2) is 0 Å². The minimum atomic E-state index is -0.515. The monoisotopic (exact) mass is 227 g/mol. The molecule has 90 valence electrons. The van der Waals surface area contributed by atoms with E-state index in [-0.39, 0.29) is 24.9 Å². The second-order valence-electron chi connectivity index (χ2n) is 4.13. The van der Waals surface area contributed by atoms with Crippen LogP contribution in [0.15, 0.2) is 0 Å². The zero-order valence-corrected chi connectivity index (χ0v) is 9.15. The lowest BCUT2D eigenvalue weighted by molar-refractivity contribution is -0.127. The van der Waals surface area contributed by atoms with Gasteiger partial charge in [-0.1, -0.05) is 0 Å². The van der Waals surface area contributed by atoms with Crippen molar-refractivity contribution in [3.8, 4) is 0 Å². The van der Waals surface area contributed by atoms with Gasteiger partial charge in [0.2, 0.25) is 11.8 Å². The number of primary amides is 2. The van der Waals surface area contributed by atoms with E-state index in [2.05, 4.69) is 0 Å². The molecule has 6 heteroatoms. The van der Waals surface area contributed by atoms with Gasteiger partial charge in [0.1, 0.15) is 5.78 Å². The minimum absolute atomic E-state index is 0.0269. The number of nitrogens with zero attached hydrogens (tertiary/aromatic N) is 1. The summed E-state index contributed by atoms with van der Waals surface area (Å²) in [7, 11) is 0. The molecule has 16 heavy (non-hydrogen) atoms. The molecule has 0 aliphatic heterocycles. The third-order valence-electron chi connectivity index (χ3n) is 2.69. The molecule has 0 spiro atoms. The number of Topliss-reactive ketones (excluding diaryl/α,β-unsaturated/α-hetero) is 1. The third kappa shape index (κ3) is 3.98. The van der Waals surface area contributed by atoms with Gasteiger partial charge < -0.3 is 11.5 Å². The number of hydrogen-bond donors (Lipinski definition) is 2. The van der Waals surface area contributed by atoms with E-state index in [1.165, 1.54) is 0 Å². The number of amides is 2. The van der Waals surface area contributed by atoms with Gasteiger partial charge in [0.05, 0.1) is 13.1 Å². The van der Waals surface area contributed by atoms with Crippen molar-refractivity contribution in [2.75, 3.05) is 13.1 Å². The highest BCUT2D eigenvalue weighted by atomic mass is 16.2. The number of rotatable bonds is 5. The second kappa shape index (κ2) is 5.60. The highest BCUT2D eigenvalue weighted by molar-refractivity contribution is 5.81. The normalized spacial score (nSPS) is 21.1. The lowest BCUT2D eigenvalue weighted by Gasteiger charge is -2.31. The molecule has 6 nitrogen and oxygen atoms in total. The van der Waals surface area contributed by atoms with Gasteiger partial charge in [-0.05, 0) is 12.8 Å². The van der Waals surface area contributed by atoms with E-state index in [9.17, 15) is 14.4 Å². The van der Waals surface area contributed by atoms with Crippen LogP contribution in [0.1, 0.15) is 25.7 Å². The molecule has 1 unspecified atom stereocenters. The molecule has 0 saturated heterocycles. The summed E-state index contributed by atoms with van der Waals surface area (Å²) >= 11 is 0. The first kappa shape index (κ1) is 12.6. The highest BCUT2D eigenvalue weighted by Gasteiger charge is 2.26. The molecule has 4 N–H and O–H groups in total. The number of carbonyl (C=O) groups excluding carboxylic acids is 3. The first-order valence-electron chi connectivity index (χ1n) is 5.31. The van der Waals surface area contributed by atoms with Crippen molar-refractivity contribution in [3.05, 3.63) is 0 Å². The maximum atomic E-state index is 11.3. The predicted octanol–water partition coefficient (Wildman–Crippen LogP) is -1.23. The van der Waals surface area contributed by atoms with Gasteiger partial charge in [-0.15, -0.1) is 0 Å². The van der Waals surface area contributed by atoms with E-state index in [4.69, 9.17) is 11.5 Å². The average molecular weight is 227 g/mol. The first-order chi connectivity index (χ1) is 7.49. The van der Waals surface area contributed by atoms with Gasteiger partial charge in [-0.2, -0.15) is 0 Å². The largest absolute Gasteiger partial charge is 0.369 e. The Hall–Kier alpha value is -1.43. The maximum absolute atomic E-state index is 11.3. The summed E-state index contributed by atoms with van der Waals surface area (Å²) in [5.41, 5.74) is 10.2. The van der Waals surface area contributed by atoms with E-state index in [1.807, 2.05) is 0 Å². The van der Waals surface area contributed by atoms with Crippen LogP contribution >= 0.6 is 0 Å². The lowest BCUT2D eigenvalue weighted by Crippen LogP contribution is -2.47. The van der Waals surface area contributed by atoms with E-state index >= 15 is 0 Å². The van der Waals surface area contributed by atoms with Gasteiger partial charge in [-0.25, -0.2) is 0 Å². The molecule has 1 aliphatic carbocycles. The molecule has 1 saturated carbocycles. The fourth-order valence-electron chi connectivity index (χ4n) is 2.03. The predicted molar refractivity (Wildman–Crippen MR) is 57.2 cm³/mol. The Morgan fingerprint density at radius 3 is 2.25 bits per heavy atom. The highest BCUT2D eigenvalue weighted by Crippen LogP contribution is 2.19. The number of hydrogen-bond acceptors (Lipinski definition) is 4. The van der Waals surface area contributed by atoms with Crippen molar-refractivity contribution in [2.45, 2.75) is 31.7 Å². The van der Waals surface area contributed by atoms with Crippen molar-refractivity contribution in [2.24, 2.45) is 11.5 Å². The van der Waals surface area contributed by atoms with Crippen LogP contribution in [0, 0.1) is 0 Å². The van der Waals surface area contributed by atoms with Crippen LogP contribution in [0.25, 0.3) is 0 Å². The molecule has 1 fully saturated rings. The Balaban J connectivity index is 2.62. The quantitative estimate of drug-likeness (QED) is 0.613. The van der Waals surface area contributed by atoms with Crippen LogP contribution < -0.4 is 11.5 Å². The van der Waals surface area contributed by atoms with Gasteiger partial charge in [-0.3, -0.25) is 19.3 Å². The molecule has 0 heterocycles. The fraction of sp³-hybridized carbons (Fsp3) is 0.700. The molecule has 0 aromatic rings. The summed E-state index contributed by atoms with van der Waals surface area (Å²) in [4.78, 5) is 34.6. The van der Waals surface area contributed by atoms with Crippen molar-refractivity contribution in [1.82, 2.24) is 4.90 Å². The van der Waals surface area contributed by atoms with E-state index in [0.717, 1.165) is 12.8 Å². The topological polar surface area (TPSA) is 106 Å². The van der Waals surface area contributed by atoms with Crippen LogP contribution in [0.5, 0.6) is 0 Å². The van der Waals surface area contributed by atoms with Crippen molar-refractivity contribution >= 4 is 17.6 Å². The van der Waals surface area contributed by atoms with Crippen LogP contribution in [0.2, 0.25) is 0 Å². The van der Waals surface area contributed by atoms with Crippen LogP contribution in [-0.2, 0) is 14.4 Å². The van der Waals surface area contributed by atoms with E-state index in [0.29, 0.717) is 12.8 Å². The average Bonchev–Trinajstić information content (AvgIpc) is 2.15. The van der Waals surface area contributed by atoms with Crippen molar-refractivity contribution in [3.63, 3.8) is 0 Å². The molecular weight excluding hydrogens is 210 g/mol. The zero-order valence-electron chi connectivity index (χ0n) is 9.15. The van der Waals surface area contributed by atoms with Crippen LogP contribution in [0.4, 0.5) is 0 Å². The molecule has 0 bridgehead atoms. The standard InChI is InChI=1S/C10H17N3O3/c11-9(15)5-13(6-10(12)16)7-2-1-3-8(14)4-7/h7H,1-6H2,(H2,11,15)(H2,12,16). The summed E-state index contributed by atoms with van der Waals surface area (Å²) < 4.78 is 0. The van der Waals surface area contributed by atoms with Crippen LogP contribution in [0.3, 0.4) is 0 Å². The maximum Gasteiger partial charge on any atom is 0.231 e. The molecule has 1 aliphatic rings. The minimum Gasteiger partial charge on any atom is -0.369 e. The molecule has 2 amide bonds. The molecule has 0 aromatic carbocycles. The Morgan fingerprint density at radius 2 is 1.81 bits per heavy atom. The smallest absolute Gasteiger partial charge is 0.231 e. The van der Waals surface area contributed by atoms with Crippen molar-refractivity contribution in [1.29, 1.82) is 0 Å². The lowest BCUT2D eigenvalue weighted by atomic mass is 9.93. The summed E-state index contributed by atoms with van der Waals surface area (Å²) in [6, 6.07) is -0.0822. The third-order valence-corrected chi connectivity index (χ3v) is 2.69. The van der Waals surface area contributed by atoms with E-state index in [1.54, 1.807) is 4.90 Å². The molecule has 0 aromatic heterocycles. The first-order valence-corrected chi connectivity index (χ1v) is 5.31. The molecule has 1 atom stereocenters. The van der Waals surface area contributed by atoms with Gasteiger partial charge >= 0.3 is 0 Å².